The van der Waals surface area contributed by atoms with Crippen LogP contribution in [-0.2, 0) is 29.9 Å². The van der Waals surface area contributed by atoms with Crippen LogP contribution in [0.2, 0.25) is 0 Å². The van der Waals surface area contributed by atoms with Crippen molar-refractivity contribution in [1.82, 2.24) is 5.32 Å². The molecule has 2 fully saturated rings. The normalized spacial score (nSPS) is 24.6. The molecule has 5 atom stereocenters. The fraction of sp³-hybridized carbons (Fsp3) is 0.759. The van der Waals surface area contributed by atoms with Gasteiger partial charge in [0.2, 0.25) is 0 Å². The van der Waals surface area contributed by atoms with Crippen LogP contribution in [0.25, 0.3) is 0 Å². The van der Waals surface area contributed by atoms with Gasteiger partial charge in [-0.25, -0.2) is 0 Å². The Bertz CT molecular complexity index is 903. The predicted octanol–water partition coefficient (Wildman–Crippen LogP) is 6.80. The lowest BCUT2D eigenvalue weighted by molar-refractivity contribution is -0.222. The minimum atomic E-state index is -4.41. The molecule has 2 N–H and O–H groups in total. The fourth-order valence-electron chi connectivity index (χ4n) is 4.91. The molecule has 0 spiro atoms. The summed E-state index contributed by atoms with van der Waals surface area (Å²) in [5.41, 5.74) is -0.294. The SMILES string of the molecule is CCCCCCOC[C@@H](OCCCCCC)[C@H]1O[C@@H]2OC(C)(C)O[C@@H]2[C@H]1NC(=S)Nc1ccc(C(F)(F)F)cc1. The minimum absolute atomic E-state index is 0.231. The van der Waals surface area contributed by atoms with Gasteiger partial charge >= 0.3 is 6.18 Å². The van der Waals surface area contributed by atoms with E-state index in [9.17, 15) is 13.2 Å². The number of nitrogens with one attached hydrogen (secondary N) is 2. The van der Waals surface area contributed by atoms with E-state index in [1.807, 2.05) is 13.8 Å². The summed E-state index contributed by atoms with van der Waals surface area (Å²) in [6.07, 6.45) is 2.37. The summed E-state index contributed by atoms with van der Waals surface area (Å²) >= 11 is 5.55. The van der Waals surface area contributed by atoms with Crippen molar-refractivity contribution in [1.29, 1.82) is 0 Å². The summed E-state index contributed by atoms with van der Waals surface area (Å²) < 4.78 is 69.7. The molecule has 0 aromatic heterocycles. The molecule has 2 heterocycles. The van der Waals surface area contributed by atoms with E-state index in [0.717, 1.165) is 57.1 Å². The second kappa shape index (κ2) is 15.7. The van der Waals surface area contributed by atoms with Gasteiger partial charge in [0.25, 0.3) is 0 Å². The number of benzene rings is 1. The Hall–Kier alpha value is -1.50. The van der Waals surface area contributed by atoms with Crippen LogP contribution in [0.5, 0.6) is 0 Å². The van der Waals surface area contributed by atoms with Gasteiger partial charge in [0, 0.05) is 18.9 Å². The van der Waals surface area contributed by atoms with Crippen LogP contribution in [0.3, 0.4) is 0 Å². The largest absolute Gasteiger partial charge is 0.416 e. The first-order valence-corrected chi connectivity index (χ1v) is 14.9. The van der Waals surface area contributed by atoms with Gasteiger partial charge in [-0.3, -0.25) is 0 Å². The molecule has 2 saturated heterocycles. The third kappa shape index (κ3) is 10.1. The summed E-state index contributed by atoms with van der Waals surface area (Å²) in [5.74, 6) is -0.838. The molecule has 1 aromatic rings. The van der Waals surface area contributed by atoms with Gasteiger partial charge in [-0.05, 0) is 63.2 Å². The Kier molecular flexibility index (Phi) is 12.9. The van der Waals surface area contributed by atoms with E-state index in [4.69, 9.17) is 35.9 Å². The van der Waals surface area contributed by atoms with Gasteiger partial charge in [0.1, 0.15) is 18.3 Å². The number of alkyl halides is 3. The van der Waals surface area contributed by atoms with Crippen molar-refractivity contribution in [2.24, 2.45) is 0 Å². The van der Waals surface area contributed by atoms with E-state index in [2.05, 4.69) is 24.5 Å². The van der Waals surface area contributed by atoms with Crippen molar-refractivity contribution < 1.29 is 36.9 Å². The van der Waals surface area contributed by atoms with Gasteiger partial charge in [-0.1, -0.05) is 52.4 Å². The number of unbranched alkanes of at least 4 members (excludes halogenated alkanes) is 6. The van der Waals surface area contributed by atoms with E-state index in [0.29, 0.717) is 25.5 Å². The Labute approximate surface area is 241 Å². The van der Waals surface area contributed by atoms with Gasteiger partial charge in [-0.2, -0.15) is 13.2 Å². The van der Waals surface area contributed by atoms with Crippen molar-refractivity contribution in [2.45, 2.75) is 122 Å². The Morgan fingerprint density at radius 2 is 1.62 bits per heavy atom. The molecular formula is C29H45F3N2O5S. The molecule has 228 valence electrons. The van der Waals surface area contributed by atoms with Crippen LogP contribution in [-0.4, -0.2) is 61.4 Å². The molecule has 0 saturated carbocycles. The molecule has 1 aromatic carbocycles. The van der Waals surface area contributed by atoms with Gasteiger partial charge in [0.15, 0.2) is 17.2 Å². The third-order valence-electron chi connectivity index (χ3n) is 6.98. The number of fused-ring (bicyclic) bond motifs is 1. The van der Waals surface area contributed by atoms with E-state index in [1.54, 1.807) is 0 Å². The Morgan fingerprint density at radius 1 is 0.975 bits per heavy atom. The first-order chi connectivity index (χ1) is 19.0. The van der Waals surface area contributed by atoms with Crippen LogP contribution in [0, 0.1) is 0 Å². The maximum atomic E-state index is 13.0. The monoisotopic (exact) mass is 590 g/mol. The molecular weight excluding hydrogens is 545 g/mol. The van der Waals surface area contributed by atoms with Crippen molar-refractivity contribution in [3.8, 4) is 0 Å². The number of hydrogen-bond donors (Lipinski definition) is 2. The zero-order chi connectivity index (χ0) is 29.2. The van der Waals surface area contributed by atoms with Gasteiger partial charge in [0.05, 0.1) is 18.2 Å². The van der Waals surface area contributed by atoms with E-state index < -0.39 is 42.1 Å². The lowest BCUT2D eigenvalue weighted by Crippen LogP contribution is -2.54. The number of halogens is 3. The van der Waals surface area contributed by atoms with Crippen LogP contribution in [0.15, 0.2) is 24.3 Å². The fourth-order valence-corrected chi connectivity index (χ4v) is 5.16. The smallest absolute Gasteiger partial charge is 0.379 e. The van der Waals surface area contributed by atoms with Crippen molar-refractivity contribution in [3.05, 3.63) is 29.8 Å². The quantitative estimate of drug-likeness (QED) is 0.161. The molecule has 7 nitrogen and oxygen atoms in total. The highest BCUT2D eigenvalue weighted by atomic mass is 32.1. The van der Waals surface area contributed by atoms with Gasteiger partial charge < -0.3 is 34.3 Å². The van der Waals surface area contributed by atoms with E-state index in [-0.39, 0.29) is 11.2 Å². The molecule has 2 aliphatic heterocycles. The van der Waals surface area contributed by atoms with E-state index >= 15 is 0 Å². The predicted molar refractivity (Wildman–Crippen MR) is 152 cm³/mol. The van der Waals surface area contributed by atoms with Crippen LogP contribution in [0.4, 0.5) is 18.9 Å². The second-order valence-electron chi connectivity index (χ2n) is 10.9. The van der Waals surface area contributed by atoms with E-state index in [1.165, 1.54) is 18.6 Å². The number of anilines is 1. The molecule has 0 aliphatic carbocycles. The maximum absolute atomic E-state index is 13.0. The standard InChI is InChI=1S/C29H45F3N2O5S/c1-5-7-9-11-17-35-19-22(36-18-12-10-8-6-2)24-23(25-26(37-24)39-28(3,4)38-25)34-27(40)33-21-15-13-20(14-16-21)29(30,31)32/h13-16,22-26H,5-12,17-19H2,1-4H3,(H2,33,34,40)/t22-,23+,24-,25-,26-/m1/s1. The summed E-state index contributed by atoms with van der Waals surface area (Å²) in [6, 6.07) is 4.27. The highest BCUT2D eigenvalue weighted by Crippen LogP contribution is 2.39. The molecule has 0 amide bonds. The Balaban J connectivity index is 1.69. The first kappa shape index (κ1) is 33.0. The average molecular weight is 591 g/mol. The highest BCUT2D eigenvalue weighted by molar-refractivity contribution is 7.80. The number of thiocarbonyl (C=S) groups is 1. The number of rotatable bonds is 16. The lowest BCUT2D eigenvalue weighted by atomic mass is 10.0. The first-order valence-electron chi connectivity index (χ1n) is 14.5. The van der Waals surface area contributed by atoms with Crippen LogP contribution in [0.1, 0.15) is 84.6 Å². The average Bonchev–Trinajstić information content (AvgIpc) is 3.36. The third-order valence-corrected chi connectivity index (χ3v) is 7.20. The lowest BCUT2D eigenvalue weighted by Gasteiger charge is -2.32. The maximum Gasteiger partial charge on any atom is 0.416 e. The van der Waals surface area contributed by atoms with Crippen LogP contribution < -0.4 is 10.6 Å². The minimum Gasteiger partial charge on any atom is -0.379 e. The summed E-state index contributed by atoms with van der Waals surface area (Å²) in [6.45, 7) is 9.55. The molecule has 3 rings (SSSR count). The molecule has 40 heavy (non-hydrogen) atoms. The highest BCUT2D eigenvalue weighted by Gasteiger charge is 2.57. The summed E-state index contributed by atoms with van der Waals surface area (Å²) in [4.78, 5) is 0. The zero-order valence-electron chi connectivity index (χ0n) is 24.1. The molecule has 11 heteroatoms. The van der Waals surface area contributed by atoms with Crippen molar-refractivity contribution >= 4 is 23.0 Å². The number of ether oxygens (including phenoxy) is 5. The molecule has 0 radical (unpaired) electrons. The number of hydrogen-bond acceptors (Lipinski definition) is 6. The second-order valence-corrected chi connectivity index (χ2v) is 11.3. The topological polar surface area (TPSA) is 70.2 Å². The Morgan fingerprint density at radius 3 is 2.25 bits per heavy atom. The van der Waals surface area contributed by atoms with Crippen molar-refractivity contribution in [3.63, 3.8) is 0 Å². The molecule has 2 aliphatic rings. The molecule has 0 unspecified atom stereocenters. The zero-order valence-corrected chi connectivity index (χ0v) is 24.9. The molecule has 0 bridgehead atoms. The summed E-state index contributed by atoms with van der Waals surface area (Å²) in [5, 5.41) is 6.48. The van der Waals surface area contributed by atoms with Gasteiger partial charge in [-0.15, -0.1) is 0 Å². The summed E-state index contributed by atoms with van der Waals surface area (Å²) in [7, 11) is 0. The van der Waals surface area contributed by atoms with Crippen LogP contribution >= 0.6 is 12.2 Å². The van der Waals surface area contributed by atoms with Crippen molar-refractivity contribution in [2.75, 3.05) is 25.1 Å².